The van der Waals surface area contributed by atoms with Crippen LogP contribution in [0, 0.1) is 0 Å². The molecule has 0 bridgehead atoms. The number of hydrogen-bond acceptors (Lipinski definition) is 3. The summed E-state index contributed by atoms with van der Waals surface area (Å²) in [6, 6.07) is 23.1. The van der Waals surface area contributed by atoms with Crippen molar-refractivity contribution in [1.82, 2.24) is 5.32 Å². The molecule has 1 saturated heterocycles. The third kappa shape index (κ3) is 3.25. The molecule has 4 aromatic carbocycles. The number of amides is 4. The molecule has 4 amide bonds. The summed E-state index contributed by atoms with van der Waals surface area (Å²) in [4.78, 5) is 39.3. The molecule has 0 unspecified atom stereocenters. The van der Waals surface area contributed by atoms with E-state index >= 15 is 0 Å². The first-order valence-corrected chi connectivity index (χ1v) is 9.98. The van der Waals surface area contributed by atoms with Gasteiger partial charge < -0.3 is 0 Å². The number of imide groups is 2. The molecule has 6 heteroatoms. The van der Waals surface area contributed by atoms with E-state index in [2.05, 4.69) is 11.4 Å². The zero-order chi connectivity index (χ0) is 21.5. The molecule has 0 radical (unpaired) electrons. The van der Waals surface area contributed by atoms with Crippen LogP contribution in [0.15, 0.2) is 84.4 Å². The number of carbonyl (C=O) groups excluding carboxylic acids is 3. The normalized spacial score (nSPS) is 15.7. The molecule has 31 heavy (non-hydrogen) atoms. The highest BCUT2D eigenvalue weighted by atomic mass is 35.5. The van der Waals surface area contributed by atoms with E-state index < -0.39 is 17.8 Å². The summed E-state index contributed by atoms with van der Waals surface area (Å²) in [5.41, 5.74) is 0.960. The molecule has 0 saturated carbocycles. The van der Waals surface area contributed by atoms with Gasteiger partial charge in [0.15, 0.2) is 0 Å². The van der Waals surface area contributed by atoms with Gasteiger partial charge in [0.05, 0.1) is 5.69 Å². The highest BCUT2D eigenvalue weighted by Gasteiger charge is 2.37. The lowest BCUT2D eigenvalue weighted by atomic mass is 9.94. The first kappa shape index (κ1) is 19.0. The number of nitrogens with zero attached hydrogens (tertiary/aromatic N) is 1. The summed E-state index contributed by atoms with van der Waals surface area (Å²) in [5.74, 6) is -1.41. The Kier molecular flexibility index (Phi) is 4.53. The fourth-order valence-corrected chi connectivity index (χ4v) is 3.96. The molecule has 5 nitrogen and oxygen atoms in total. The van der Waals surface area contributed by atoms with Crippen molar-refractivity contribution in [2.24, 2.45) is 0 Å². The van der Waals surface area contributed by atoms with Crippen LogP contribution in [0.1, 0.15) is 5.56 Å². The van der Waals surface area contributed by atoms with Crippen molar-refractivity contribution in [1.29, 1.82) is 0 Å². The third-order valence-electron chi connectivity index (χ3n) is 5.29. The van der Waals surface area contributed by atoms with Crippen molar-refractivity contribution < 1.29 is 14.4 Å². The molecule has 150 valence electrons. The fourth-order valence-electron chi connectivity index (χ4n) is 3.83. The van der Waals surface area contributed by atoms with Gasteiger partial charge in [0, 0.05) is 5.02 Å². The summed E-state index contributed by atoms with van der Waals surface area (Å²) in [5, 5.41) is 6.53. The molecule has 0 aromatic heterocycles. The Morgan fingerprint density at radius 3 is 1.97 bits per heavy atom. The van der Waals surface area contributed by atoms with Crippen LogP contribution in [0.2, 0.25) is 5.02 Å². The molecular formula is C25H15ClN2O3. The number of halogens is 1. The molecule has 1 fully saturated rings. The second-order valence-electron chi connectivity index (χ2n) is 7.17. The van der Waals surface area contributed by atoms with Crippen LogP contribution >= 0.6 is 11.6 Å². The van der Waals surface area contributed by atoms with E-state index in [0.717, 1.165) is 32.0 Å². The second-order valence-corrected chi connectivity index (χ2v) is 7.60. The van der Waals surface area contributed by atoms with E-state index in [-0.39, 0.29) is 5.57 Å². The maximum absolute atomic E-state index is 13.3. The summed E-state index contributed by atoms with van der Waals surface area (Å²) in [7, 11) is 0. The molecule has 5 rings (SSSR count). The molecule has 1 heterocycles. The van der Waals surface area contributed by atoms with E-state index in [0.29, 0.717) is 10.7 Å². The number of fused-ring (bicyclic) bond motifs is 2. The predicted octanol–water partition coefficient (Wildman–Crippen LogP) is 5.31. The van der Waals surface area contributed by atoms with Crippen LogP contribution in [0.5, 0.6) is 0 Å². The largest absolute Gasteiger partial charge is 0.335 e. The number of hydrogen-bond donors (Lipinski definition) is 1. The monoisotopic (exact) mass is 426 g/mol. The lowest BCUT2D eigenvalue weighted by Gasteiger charge is -2.26. The van der Waals surface area contributed by atoms with Gasteiger partial charge in [-0.25, -0.2) is 9.69 Å². The van der Waals surface area contributed by atoms with E-state index in [4.69, 9.17) is 11.6 Å². The van der Waals surface area contributed by atoms with Gasteiger partial charge in [-0.15, -0.1) is 0 Å². The number of barbiturate groups is 1. The number of benzene rings is 4. The number of nitrogens with one attached hydrogen (secondary N) is 1. The maximum atomic E-state index is 13.3. The van der Waals surface area contributed by atoms with Crippen LogP contribution < -0.4 is 10.2 Å². The summed E-state index contributed by atoms with van der Waals surface area (Å²) < 4.78 is 0. The Bertz CT molecular complexity index is 1370. The minimum Gasteiger partial charge on any atom is -0.273 e. The first-order chi connectivity index (χ1) is 15.0. The fraction of sp³-hybridized carbons (Fsp3) is 0. The van der Waals surface area contributed by atoms with Crippen molar-refractivity contribution in [3.63, 3.8) is 0 Å². The molecule has 4 aromatic rings. The SMILES string of the molecule is O=C1NC(=O)N(c2ccc(Cl)cc2)C(=O)/C1=C/c1c2ccccc2cc2ccccc12. The summed E-state index contributed by atoms with van der Waals surface area (Å²) >= 11 is 5.92. The molecule has 0 spiro atoms. The van der Waals surface area contributed by atoms with Gasteiger partial charge in [0.1, 0.15) is 5.57 Å². The maximum Gasteiger partial charge on any atom is 0.335 e. The van der Waals surface area contributed by atoms with Gasteiger partial charge in [0.25, 0.3) is 11.8 Å². The van der Waals surface area contributed by atoms with Gasteiger partial charge in [-0.3, -0.25) is 14.9 Å². The number of rotatable bonds is 2. The van der Waals surface area contributed by atoms with Crippen molar-refractivity contribution in [3.8, 4) is 0 Å². The van der Waals surface area contributed by atoms with Crippen LogP contribution in [0.4, 0.5) is 10.5 Å². The molecule has 1 aliphatic heterocycles. The minimum atomic E-state index is -0.794. The minimum absolute atomic E-state index is 0.115. The van der Waals surface area contributed by atoms with Crippen molar-refractivity contribution in [2.75, 3.05) is 4.90 Å². The first-order valence-electron chi connectivity index (χ1n) is 9.60. The zero-order valence-corrected chi connectivity index (χ0v) is 16.9. The Morgan fingerprint density at radius 2 is 1.35 bits per heavy atom. The van der Waals surface area contributed by atoms with E-state index in [1.54, 1.807) is 30.3 Å². The van der Waals surface area contributed by atoms with E-state index in [9.17, 15) is 14.4 Å². The Morgan fingerprint density at radius 1 is 0.774 bits per heavy atom. The standard InChI is InChI=1S/C25H15ClN2O3/c26-17-9-11-18(12-10-17)28-24(30)22(23(29)27-25(28)31)14-21-19-7-3-1-5-15(19)13-16-6-2-4-8-20(16)21/h1-14H,(H,27,29,31)/b22-14+. The van der Waals surface area contributed by atoms with E-state index in [1.165, 1.54) is 0 Å². The lowest BCUT2D eigenvalue weighted by molar-refractivity contribution is -0.122. The number of anilines is 1. The Hall–Kier alpha value is -3.96. The van der Waals surface area contributed by atoms with Gasteiger partial charge in [-0.2, -0.15) is 0 Å². The summed E-state index contributed by atoms with van der Waals surface area (Å²) in [6.07, 6.45) is 1.57. The van der Waals surface area contributed by atoms with Crippen molar-refractivity contribution >= 4 is 62.8 Å². The molecule has 0 aliphatic carbocycles. The number of urea groups is 1. The van der Waals surface area contributed by atoms with Crippen molar-refractivity contribution in [3.05, 3.63) is 95.0 Å². The quantitative estimate of drug-likeness (QED) is 0.268. The number of carbonyl (C=O) groups is 3. The van der Waals surface area contributed by atoms with Gasteiger partial charge >= 0.3 is 6.03 Å². The topological polar surface area (TPSA) is 66.5 Å². The van der Waals surface area contributed by atoms with Crippen LogP contribution in [0.25, 0.3) is 27.6 Å². The highest BCUT2D eigenvalue weighted by molar-refractivity contribution is 6.39. The molecular weight excluding hydrogens is 412 g/mol. The Balaban J connectivity index is 1.71. The molecule has 1 N–H and O–H groups in total. The average Bonchev–Trinajstić information content (AvgIpc) is 2.77. The van der Waals surface area contributed by atoms with Gasteiger partial charge in [0.2, 0.25) is 0 Å². The van der Waals surface area contributed by atoms with Crippen LogP contribution in [-0.2, 0) is 9.59 Å². The smallest absolute Gasteiger partial charge is 0.273 e. The second kappa shape index (κ2) is 7.38. The Labute approximate surface area is 182 Å². The third-order valence-corrected chi connectivity index (χ3v) is 5.54. The average molecular weight is 427 g/mol. The van der Waals surface area contributed by atoms with Crippen molar-refractivity contribution in [2.45, 2.75) is 0 Å². The summed E-state index contributed by atoms with van der Waals surface area (Å²) in [6.45, 7) is 0. The molecule has 0 atom stereocenters. The van der Waals surface area contributed by atoms with E-state index in [1.807, 2.05) is 48.5 Å². The zero-order valence-electron chi connectivity index (χ0n) is 16.1. The highest BCUT2D eigenvalue weighted by Crippen LogP contribution is 2.31. The lowest BCUT2D eigenvalue weighted by Crippen LogP contribution is -2.54. The van der Waals surface area contributed by atoms with Crippen LogP contribution in [-0.4, -0.2) is 17.8 Å². The predicted molar refractivity (Wildman–Crippen MR) is 122 cm³/mol. The van der Waals surface area contributed by atoms with Crippen LogP contribution in [0.3, 0.4) is 0 Å². The molecule has 1 aliphatic rings. The van der Waals surface area contributed by atoms with Gasteiger partial charge in [-0.1, -0.05) is 60.1 Å². The van der Waals surface area contributed by atoms with Gasteiger partial charge in [-0.05, 0) is 63.5 Å².